The molecular weight excluding hydrogens is 488 g/mol. The summed E-state index contributed by atoms with van der Waals surface area (Å²) in [5.41, 5.74) is 2.08. The number of anilines is 1. The van der Waals surface area contributed by atoms with E-state index in [1.54, 1.807) is 36.7 Å². The molecule has 0 aliphatic rings. The molecule has 1 amide bonds. The average molecular weight is 510 g/mol. The fourth-order valence-corrected chi connectivity index (χ4v) is 4.48. The number of pyridine rings is 1. The van der Waals surface area contributed by atoms with Gasteiger partial charge in [0.2, 0.25) is 0 Å². The molecule has 3 aromatic carbocycles. The molecule has 7 nitrogen and oxygen atoms in total. The lowest BCUT2D eigenvalue weighted by atomic mass is 9.99. The molecule has 10 heteroatoms. The number of nitrogens with one attached hydrogen (secondary N) is 2. The van der Waals surface area contributed by atoms with Crippen molar-refractivity contribution in [3.63, 3.8) is 0 Å². The molecule has 1 atom stereocenters. The lowest BCUT2D eigenvalue weighted by molar-refractivity contribution is 0.0981. The van der Waals surface area contributed by atoms with E-state index in [1.807, 2.05) is 10.8 Å². The van der Waals surface area contributed by atoms with Crippen LogP contribution in [0, 0.1) is 11.6 Å². The fourth-order valence-electron chi connectivity index (χ4n) is 3.51. The quantitative estimate of drug-likeness (QED) is 0.358. The van der Waals surface area contributed by atoms with Gasteiger partial charge < -0.3 is 10.1 Å². The van der Waals surface area contributed by atoms with E-state index >= 15 is 0 Å². The summed E-state index contributed by atoms with van der Waals surface area (Å²) in [5, 5.41) is 3.29. The van der Waals surface area contributed by atoms with E-state index in [0.29, 0.717) is 11.3 Å². The first-order valence-corrected chi connectivity index (χ1v) is 12.2. The van der Waals surface area contributed by atoms with Crippen LogP contribution >= 0.6 is 0 Å². The standard InChI is InChI=1S/C26H21F2N3O4S/c1-35-24-13-6-18(15-23(24)28)25(19-3-2-14-29-16-19)30-21-9-4-17(5-10-21)26(32)31-36(33,34)22-11-7-20(27)8-12-22/h2-16,25,30H,1H3,(H,31,32). The number of nitrogens with zero attached hydrogens (tertiary/aromatic N) is 1. The van der Waals surface area contributed by atoms with Crippen LogP contribution in [0.25, 0.3) is 0 Å². The van der Waals surface area contributed by atoms with E-state index in [9.17, 15) is 22.0 Å². The molecule has 0 bridgehead atoms. The van der Waals surface area contributed by atoms with Crippen molar-refractivity contribution in [1.29, 1.82) is 0 Å². The van der Waals surface area contributed by atoms with Gasteiger partial charge in [0.05, 0.1) is 18.0 Å². The van der Waals surface area contributed by atoms with Crippen LogP contribution in [0.3, 0.4) is 0 Å². The first kappa shape index (κ1) is 24.8. The number of sulfonamides is 1. The van der Waals surface area contributed by atoms with Gasteiger partial charge in [0.15, 0.2) is 11.6 Å². The second-order valence-electron chi connectivity index (χ2n) is 7.72. The van der Waals surface area contributed by atoms with E-state index in [4.69, 9.17) is 4.74 Å². The Bertz CT molecular complexity index is 1460. The number of benzene rings is 3. The van der Waals surface area contributed by atoms with Crippen molar-refractivity contribution in [3.05, 3.63) is 120 Å². The zero-order valence-electron chi connectivity index (χ0n) is 19.0. The molecule has 4 rings (SSSR count). The van der Waals surface area contributed by atoms with Gasteiger partial charge in [-0.3, -0.25) is 9.78 Å². The van der Waals surface area contributed by atoms with Gasteiger partial charge in [-0.1, -0.05) is 12.1 Å². The maximum Gasteiger partial charge on any atom is 0.264 e. The molecule has 0 radical (unpaired) electrons. The van der Waals surface area contributed by atoms with Gasteiger partial charge in [0.1, 0.15) is 5.82 Å². The first-order valence-electron chi connectivity index (χ1n) is 10.7. The van der Waals surface area contributed by atoms with Crippen LogP contribution in [0.1, 0.15) is 27.5 Å². The number of hydrogen-bond acceptors (Lipinski definition) is 6. The number of carbonyl (C=O) groups excluding carboxylic acids is 1. The highest BCUT2D eigenvalue weighted by molar-refractivity contribution is 7.90. The fraction of sp³-hybridized carbons (Fsp3) is 0.0769. The Morgan fingerprint density at radius 3 is 2.28 bits per heavy atom. The largest absolute Gasteiger partial charge is 0.494 e. The van der Waals surface area contributed by atoms with Crippen molar-refractivity contribution in [2.45, 2.75) is 10.9 Å². The number of amides is 1. The van der Waals surface area contributed by atoms with Crippen LogP contribution < -0.4 is 14.8 Å². The Labute approximate surface area is 206 Å². The van der Waals surface area contributed by atoms with Crippen molar-refractivity contribution in [1.82, 2.24) is 9.71 Å². The molecule has 184 valence electrons. The molecule has 4 aromatic rings. The van der Waals surface area contributed by atoms with E-state index in [0.717, 1.165) is 29.8 Å². The van der Waals surface area contributed by atoms with Gasteiger partial charge in [-0.25, -0.2) is 21.9 Å². The highest BCUT2D eigenvalue weighted by atomic mass is 32.2. The average Bonchev–Trinajstić information content (AvgIpc) is 2.88. The van der Waals surface area contributed by atoms with Gasteiger partial charge >= 0.3 is 0 Å². The molecule has 0 saturated carbocycles. The van der Waals surface area contributed by atoms with Crippen molar-refractivity contribution >= 4 is 21.6 Å². The minimum Gasteiger partial charge on any atom is -0.494 e. The Kier molecular flexibility index (Phi) is 7.25. The van der Waals surface area contributed by atoms with E-state index < -0.39 is 33.6 Å². The number of rotatable bonds is 8. The summed E-state index contributed by atoms with van der Waals surface area (Å²) in [7, 11) is -2.78. The van der Waals surface area contributed by atoms with Crippen molar-refractivity contribution in [2.75, 3.05) is 12.4 Å². The van der Waals surface area contributed by atoms with E-state index in [2.05, 4.69) is 10.3 Å². The lowest BCUT2D eigenvalue weighted by Crippen LogP contribution is -2.30. The summed E-state index contributed by atoms with van der Waals surface area (Å²) in [6.45, 7) is 0. The van der Waals surface area contributed by atoms with Gasteiger partial charge in [0.25, 0.3) is 15.9 Å². The van der Waals surface area contributed by atoms with Crippen LogP contribution in [0.15, 0.2) is 96.2 Å². The van der Waals surface area contributed by atoms with Crippen molar-refractivity contribution < 1.29 is 26.7 Å². The molecule has 0 fully saturated rings. The highest BCUT2D eigenvalue weighted by Crippen LogP contribution is 2.29. The summed E-state index contributed by atoms with van der Waals surface area (Å²) < 4.78 is 59.3. The van der Waals surface area contributed by atoms with Crippen LogP contribution in [0.4, 0.5) is 14.5 Å². The molecule has 1 aromatic heterocycles. The Hall–Kier alpha value is -4.31. The number of carbonyl (C=O) groups is 1. The summed E-state index contributed by atoms with van der Waals surface area (Å²) in [5.74, 6) is -1.83. The summed E-state index contributed by atoms with van der Waals surface area (Å²) in [4.78, 5) is 16.4. The third-order valence-electron chi connectivity index (χ3n) is 5.34. The minimum atomic E-state index is -4.17. The molecule has 1 heterocycles. The van der Waals surface area contributed by atoms with Crippen molar-refractivity contribution in [2.24, 2.45) is 0 Å². The number of ether oxygens (including phenoxy) is 1. The zero-order chi connectivity index (χ0) is 25.7. The molecule has 0 spiro atoms. The molecular formula is C26H21F2N3O4S. The van der Waals surface area contributed by atoms with Crippen LogP contribution in [0.5, 0.6) is 5.75 Å². The summed E-state index contributed by atoms with van der Waals surface area (Å²) >= 11 is 0. The lowest BCUT2D eigenvalue weighted by Gasteiger charge is -2.21. The minimum absolute atomic E-state index is 0.0969. The van der Waals surface area contributed by atoms with Crippen LogP contribution in [0.2, 0.25) is 0 Å². The second-order valence-corrected chi connectivity index (χ2v) is 9.41. The smallest absolute Gasteiger partial charge is 0.264 e. The summed E-state index contributed by atoms with van der Waals surface area (Å²) in [6.07, 6.45) is 3.28. The number of methoxy groups -OCH3 is 1. The molecule has 0 saturated heterocycles. The third kappa shape index (κ3) is 5.66. The highest BCUT2D eigenvalue weighted by Gasteiger charge is 2.20. The predicted octanol–water partition coefficient (Wildman–Crippen LogP) is 4.69. The molecule has 2 N–H and O–H groups in total. The van der Waals surface area contributed by atoms with Gasteiger partial charge in [-0.2, -0.15) is 0 Å². The first-order chi connectivity index (χ1) is 17.3. The number of halogens is 2. The Morgan fingerprint density at radius 1 is 0.944 bits per heavy atom. The number of aromatic nitrogens is 1. The van der Waals surface area contributed by atoms with Gasteiger partial charge in [0, 0.05) is 23.6 Å². The molecule has 1 unspecified atom stereocenters. The maximum atomic E-state index is 14.4. The SMILES string of the molecule is COc1ccc(C(Nc2ccc(C(=O)NS(=O)(=O)c3ccc(F)cc3)cc2)c2cccnc2)cc1F. The monoisotopic (exact) mass is 509 g/mol. The Balaban J connectivity index is 1.54. The molecule has 36 heavy (non-hydrogen) atoms. The summed E-state index contributed by atoms with van der Waals surface area (Å²) in [6, 6.07) is 18.0. The van der Waals surface area contributed by atoms with Gasteiger partial charge in [-0.15, -0.1) is 0 Å². The van der Waals surface area contributed by atoms with E-state index in [1.165, 1.54) is 31.4 Å². The maximum absolute atomic E-state index is 14.4. The second kappa shape index (κ2) is 10.5. The van der Waals surface area contributed by atoms with E-state index in [-0.39, 0.29) is 16.2 Å². The Morgan fingerprint density at radius 2 is 1.67 bits per heavy atom. The van der Waals surface area contributed by atoms with Crippen LogP contribution in [-0.4, -0.2) is 26.4 Å². The number of hydrogen-bond donors (Lipinski definition) is 2. The molecule has 0 aliphatic carbocycles. The van der Waals surface area contributed by atoms with Crippen LogP contribution in [-0.2, 0) is 10.0 Å². The van der Waals surface area contributed by atoms with Gasteiger partial charge in [-0.05, 0) is 77.9 Å². The third-order valence-corrected chi connectivity index (χ3v) is 6.68. The zero-order valence-corrected chi connectivity index (χ0v) is 19.8. The normalized spacial score (nSPS) is 12.0. The van der Waals surface area contributed by atoms with Crippen molar-refractivity contribution in [3.8, 4) is 5.75 Å². The topological polar surface area (TPSA) is 97.4 Å². The predicted molar refractivity (Wildman–Crippen MR) is 130 cm³/mol. The molecule has 0 aliphatic heterocycles.